The monoisotopic (exact) mass is 351 g/mol. The van der Waals surface area contributed by atoms with E-state index in [0.29, 0.717) is 19.4 Å². The normalized spacial score (nSPS) is 14.5. The van der Waals surface area contributed by atoms with Gasteiger partial charge in [-0.3, -0.25) is 14.6 Å². The summed E-state index contributed by atoms with van der Waals surface area (Å²) >= 11 is 0. The van der Waals surface area contributed by atoms with E-state index in [1.165, 1.54) is 0 Å². The van der Waals surface area contributed by atoms with Gasteiger partial charge >= 0.3 is 0 Å². The van der Waals surface area contributed by atoms with E-state index in [2.05, 4.69) is 29.5 Å². The molecule has 0 atom stereocenters. The second kappa shape index (κ2) is 7.68. The molecule has 1 saturated carbocycles. The Labute approximate surface area is 154 Å². The number of nitrogens with zero attached hydrogens (tertiary/aromatic N) is 1. The molecule has 0 unspecified atom stereocenters. The predicted octanol–water partition coefficient (Wildman–Crippen LogP) is 3.24. The van der Waals surface area contributed by atoms with Crippen molar-refractivity contribution in [1.29, 1.82) is 0 Å². The van der Waals surface area contributed by atoms with Crippen LogP contribution in [0.5, 0.6) is 0 Å². The van der Waals surface area contributed by atoms with Crippen molar-refractivity contribution in [2.45, 2.75) is 46.1 Å². The number of carbonyl (C=O) groups excluding carboxylic acids is 2. The Kier molecular flexibility index (Phi) is 5.35. The summed E-state index contributed by atoms with van der Waals surface area (Å²) < 4.78 is 0. The van der Waals surface area contributed by atoms with Gasteiger partial charge in [-0.2, -0.15) is 0 Å². The van der Waals surface area contributed by atoms with Gasteiger partial charge in [0.05, 0.1) is 0 Å². The van der Waals surface area contributed by atoms with Crippen molar-refractivity contribution in [2.75, 3.05) is 5.32 Å². The van der Waals surface area contributed by atoms with Crippen molar-refractivity contribution in [2.24, 2.45) is 5.41 Å². The molecular weight excluding hydrogens is 326 g/mol. The molecule has 2 N–H and O–H groups in total. The molecule has 1 aliphatic rings. The Morgan fingerprint density at radius 3 is 2.15 bits per heavy atom. The first kappa shape index (κ1) is 18.1. The number of pyridine rings is 1. The molecule has 26 heavy (non-hydrogen) atoms. The van der Waals surface area contributed by atoms with Gasteiger partial charge in [0.15, 0.2) is 0 Å². The Morgan fingerprint density at radius 1 is 1.00 bits per heavy atom. The summed E-state index contributed by atoms with van der Waals surface area (Å²) in [4.78, 5) is 29.5. The summed E-state index contributed by atoms with van der Waals surface area (Å²) in [7, 11) is 0. The molecule has 0 saturated heterocycles. The smallest absolute Gasteiger partial charge is 0.240 e. The van der Waals surface area contributed by atoms with Gasteiger partial charge in [0, 0.05) is 24.6 Å². The van der Waals surface area contributed by atoms with Crippen molar-refractivity contribution in [1.82, 2.24) is 10.3 Å². The highest BCUT2D eigenvalue weighted by molar-refractivity contribution is 6.13. The number of para-hydroxylation sites is 1. The molecule has 2 aromatic rings. The molecule has 0 aliphatic heterocycles. The first-order valence-electron chi connectivity index (χ1n) is 9.20. The first-order chi connectivity index (χ1) is 12.6. The average Bonchev–Trinajstić information content (AvgIpc) is 3.49. The third-order valence-corrected chi connectivity index (χ3v) is 5.06. The van der Waals surface area contributed by atoms with Gasteiger partial charge in [0.25, 0.3) is 0 Å². The fourth-order valence-corrected chi connectivity index (χ4v) is 3.17. The number of aromatic nitrogens is 1. The molecule has 1 aromatic carbocycles. The van der Waals surface area contributed by atoms with E-state index in [9.17, 15) is 9.59 Å². The van der Waals surface area contributed by atoms with Gasteiger partial charge < -0.3 is 10.6 Å². The Balaban J connectivity index is 1.70. The van der Waals surface area contributed by atoms with Crippen molar-refractivity contribution >= 4 is 17.5 Å². The van der Waals surface area contributed by atoms with E-state index in [1.54, 1.807) is 12.4 Å². The Bertz CT molecular complexity index is 776. The second-order valence-electron chi connectivity index (χ2n) is 6.73. The van der Waals surface area contributed by atoms with Crippen LogP contribution in [-0.4, -0.2) is 16.8 Å². The molecule has 1 aromatic heterocycles. The standard InChI is InChI=1S/C21H25N3O2/c1-3-16-6-5-7-17(4-2)18(16)24-20(26)21(10-11-21)19(25)23-14-15-8-12-22-13-9-15/h5-9,12-13H,3-4,10-11,14H2,1-2H3,(H,23,25)(H,24,26). The third-order valence-electron chi connectivity index (χ3n) is 5.06. The highest BCUT2D eigenvalue weighted by Crippen LogP contribution is 2.47. The Hall–Kier alpha value is -2.69. The van der Waals surface area contributed by atoms with E-state index in [4.69, 9.17) is 0 Å². The molecular formula is C21H25N3O2. The van der Waals surface area contributed by atoms with Crippen LogP contribution in [0.1, 0.15) is 43.4 Å². The molecule has 3 rings (SSSR count). The highest BCUT2D eigenvalue weighted by Gasteiger charge is 2.56. The largest absolute Gasteiger partial charge is 0.351 e. The second-order valence-corrected chi connectivity index (χ2v) is 6.73. The lowest BCUT2D eigenvalue weighted by atomic mass is 10.0. The average molecular weight is 351 g/mol. The number of rotatable bonds is 7. The fraction of sp³-hybridized carbons (Fsp3) is 0.381. The lowest BCUT2D eigenvalue weighted by molar-refractivity contribution is -0.134. The molecule has 0 spiro atoms. The van der Waals surface area contributed by atoms with Crippen LogP contribution in [0.3, 0.4) is 0 Å². The highest BCUT2D eigenvalue weighted by atomic mass is 16.2. The number of benzene rings is 1. The quantitative estimate of drug-likeness (QED) is 0.752. The van der Waals surface area contributed by atoms with Gasteiger partial charge in [-0.25, -0.2) is 0 Å². The molecule has 136 valence electrons. The van der Waals surface area contributed by atoms with Crippen LogP contribution in [0.15, 0.2) is 42.7 Å². The number of amides is 2. The molecule has 1 aliphatic carbocycles. The topological polar surface area (TPSA) is 71.1 Å². The summed E-state index contributed by atoms with van der Waals surface area (Å²) in [5.41, 5.74) is 3.11. The van der Waals surface area contributed by atoms with Crippen molar-refractivity contribution in [3.8, 4) is 0 Å². The number of carbonyl (C=O) groups is 2. The summed E-state index contributed by atoms with van der Waals surface area (Å²) in [5, 5.41) is 5.95. The maximum Gasteiger partial charge on any atom is 0.240 e. The molecule has 5 heteroatoms. The van der Waals surface area contributed by atoms with Gasteiger partial charge in [-0.1, -0.05) is 32.0 Å². The summed E-state index contributed by atoms with van der Waals surface area (Å²) in [5.74, 6) is -0.390. The van der Waals surface area contributed by atoms with Crippen LogP contribution in [-0.2, 0) is 29.0 Å². The molecule has 5 nitrogen and oxygen atoms in total. The van der Waals surface area contributed by atoms with E-state index in [-0.39, 0.29) is 11.8 Å². The molecule has 1 fully saturated rings. The maximum atomic E-state index is 12.9. The van der Waals surface area contributed by atoms with Crippen LogP contribution in [0, 0.1) is 5.41 Å². The Morgan fingerprint density at radius 2 is 1.62 bits per heavy atom. The number of anilines is 1. The van der Waals surface area contributed by atoms with Crippen molar-refractivity contribution in [3.63, 3.8) is 0 Å². The zero-order chi connectivity index (χ0) is 18.6. The number of nitrogens with one attached hydrogen (secondary N) is 2. The van der Waals surface area contributed by atoms with E-state index < -0.39 is 5.41 Å². The predicted molar refractivity (Wildman–Crippen MR) is 102 cm³/mol. The van der Waals surface area contributed by atoms with Gasteiger partial charge in [0.2, 0.25) is 11.8 Å². The van der Waals surface area contributed by atoms with E-state index >= 15 is 0 Å². The summed E-state index contributed by atoms with van der Waals surface area (Å²) in [6.07, 6.45) is 6.24. The van der Waals surface area contributed by atoms with E-state index in [0.717, 1.165) is 35.2 Å². The SMILES string of the molecule is CCc1cccc(CC)c1NC(=O)C1(C(=O)NCc2ccncc2)CC1. The van der Waals surface area contributed by atoms with Crippen LogP contribution in [0.25, 0.3) is 0 Å². The summed E-state index contributed by atoms with van der Waals surface area (Å²) in [6, 6.07) is 9.77. The van der Waals surface area contributed by atoms with E-state index in [1.807, 2.05) is 30.3 Å². The minimum atomic E-state index is -0.932. The maximum absolute atomic E-state index is 12.9. The lowest BCUT2D eigenvalue weighted by Gasteiger charge is -2.19. The number of hydrogen-bond acceptors (Lipinski definition) is 3. The van der Waals surface area contributed by atoms with Crippen LogP contribution in [0.2, 0.25) is 0 Å². The number of aryl methyl sites for hydroxylation is 2. The van der Waals surface area contributed by atoms with Crippen LogP contribution < -0.4 is 10.6 Å². The lowest BCUT2D eigenvalue weighted by Crippen LogP contribution is -2.40. The zero-order valence-corrected chi connectivity index (χ0v) is 15.3. The minimum Gasteiger partial charge on any atom is -0.351 e. The van der Waals surface area contributed by atoms with Crippen LogP contribution in [0.4, 0.5) is 5.69 Å². The van der Waals surface area contributed by atoms with Crippen LogP contribution >= 0.6 is 0 Å². The van der Waals surface area contributed by atoms with Gasteiger partial charge in [0.1, 0.15) is 5.41 Å². The third kappa shape index (κ3) is 3.62. The first-order valence-corrected chi connectivity index (χ1v) is 9.20. The van der Waals surface area contributed by atoms with Gasteiger partial charge in [-0.05, 0) is 54.5 Å². The fourth-order valence-electron chi connectivity index (χ4n) is 3.17. The molecule has 0 radical (unpaired) electrons. The molecule has 1 heterocycles. The zero-order valence-electron chi connectivity index (χ0n) is 15.3. The van der Waals surface area contributed by atoms with Crippen molar-refractivity contribution in [3.05, 3.63) is 59.4 Å². The number of hydrogen-bond donors (Lipinski definition) is 2. The molecule has 0 bridgehead atoms. The summed E-state index contributed by atoms with van der Waals surface area (Å²) in [6.45, 7) is 4.54. The van der Waals surface area contributed by atoms with Gasteiger partial charge in [-0.15, -0.1) is 0 Å². The molecule has 2 amide bonds. The van der Waals surface area contributed by atoms with Crippen molar-refractivity contribution < 1.29 is 9.59 Å². The minimum absolute atomic E-state index is 0.194.